The smallest absolute Gasteiger partial charge is 0.269 e. The van der Waals surface area contributed by atoms with Crippen molar-refractivity contribution in [3.8, 4) is 11.1 Å². The van der Waals surface area contributed by atoms with Crippen LogP contribution in [0.5, 0.6) is 0 Å². The van der Waals surface area contributed by atoms with Crippen molar-refractivity contribution in [1.29, 1.82) is 0 Å². The van der Waals surface area contributed by atoms with Crippen LogP contribution in [0.25, 0.3) is 11.1 Å². The largest absolute Gasteiger partial charge is 0.321 e. The quantitative estimate of drug-likeness (QED) is 0.780. The normalized spacial score (nSPS) is 10.9. The van der Waals surface area contributed by atoms with Gasteiger partial charge in [-0.2, -0.15) is 8.78 Å². The highest BCUT2D eigenvalue weighted by atomic mass is 35.5. The van der Waals surface area contributed by atoms with E-state index in [1.807, 2.05) is 12.1 Å². The molecule has 18 heavy (non-hydrogen) atoms. The molecule has 1 aromatic carbocycles. The number of benzene rings is 1. The van der Waals surface area contributed by atoms with Crippen molar-refractivity contribution in [2.75, 3.05) is 0 Å². The summed E-state index contributed by atoms with van der Waals surface area (Å²) in [6, 6.07) is 9.87. The zero-order valence-corrected chi connectivity index (χ0v) is 10.1. The molecule has 0 N–H and O–H groups in total. The molecule has 0 aliphatic carbocycles. The minimum Gasteiger partial charge on any atom is -0.269 e. The number of aromatic nitrogens is 1. The molecule has 0 saturated carbocycles. The van der Waals surface area contributed by atoms with Crippen molar-refractivity contribution in [3.63, 3.8) is 0 Å². The van der Waals surface area contributed by atoms with E-state index in [1.54, 1.807) is 12.1 Å². The Morgan fingerprint density at radius 2 is 1.67 bits per heavy atom. The molecular weight excluding hydrogens is 260 g/mol. The van der Waals surface area contributed by atoms with E-state index < -0.39 is 12.1 Å². The van der Waals surface area contributed by atoms with Crippen molar-refractivity contribution in [2.45, 2.75) is 12.4 Å². The van der Waals surface area contributed by atoms with Crippen molar-refractivity contribution in [3.05, 3.63) is 58.5 Å². The molecule has 0 unspecified atom stereocenters. The highest BCUT2D eigenvalue weighted by Gasteiger charge is 2.08. The van der Waals surface area contributed by atoms with Crippen molar-refractivity contribution in [2.24, 2.45) is 0 Å². The lowest BCUT2D eigenvalue weighted by Gasteiger charge is -2.07. The van der Waals surface area contributed by atoms with Gasteiger partial charge in [0.1, 0.15) is 0 Å². The molecule has 1 heterocycles. The number of alkyl halides is 3. The molecule has 0 radical (unpaired) electrons. The second kappa shape index (κ2) is 5.31. The Labute approximate surface area is 107 Å². The van der Waals surface area contributed by atoms with Gasteiger partial charge in [0, 0.05) is 18.1 Å². The van der Waals surface area contributed by atoms with Gasteiger partial charge in [-0.1, -0.05) is 24.3 Å². The minimum atomic E-state index is -2.83. The Hall–Kier alpha value is -1.68. The monoisotopic (exact) mass is 269 g/mol. The van der Waals surface area contributed by atoms with Crippen LogP contribution in [0.2, 0.25) is 0 Å². The van der Waals surface area contributed by atoms with E-state index in [0.717, 1.165) is 23.4 Å². The first-order valence-electron chi connectivity index (χ1n) is 5.27. The average Bonchev–Trinajstić information content (AvgIpc) is 2.39. The fraction of sp³-hybridized carbons (Fsp3) is 0.154. The zero-order chi connectivity index (χ0) is 13.1. The molecule has 1 aromatic heterocycles. The predicted molar refractivity (Wildman–Crippen MR) is 66.9 cm³/mol. The van der Waals surface area contributed by atoms with E-state index in [2.05, 4.69) is 0 Å². The molecule has 0 amide bonds. The van der Waals surface area contributed by atoms with Gasteiger partial charge in [0.2, 0.25) is 0 Å². The standard InChI is InChI=1S/C13H10ClF2NO/c14-7-9-1-3-10(4-2-9)11-5-6-12(18)17(8-11)13(15)16/h1-6,8,13H,7H2. The Morgan fingerprint density at radius 3 is 2.22 bits per heavy atom. The van der Waals surface area contributed by atoms with Crippen LogP contribution in [-0.2, 0) is 5.88 Å². The van der Waals surface area contributed by atoms with Gasteiger partial charge in [-0.3, -0.25) is 9.36 Å². The van der Waals surface area contributed by atoms with Gasteiger partial charge in [-0.15, -0.1) is 11.6 Å². The number of halogens is 3. The molecule has 2 aromatic rings. The maximum Gasteiger partial charge on any atom is 0.321 e. The van der Waals surface area contributed by atoms with Gasteiger partial charge >= 0.3 is 6.55 Å². The number of hydrogen-bond acceptors (Lipinski definition) is 1. The third kappa shape index (κ3) is 2.59. The fourth-order valence-electron chi connectivity index (χ4n) is 1.61. The average molecular weight is 270 g/mol. The predicted octanol–water partition coefficient (Wildman–Crippen LogP) is 3.65. The topological polar surface area (TPSA) is 22.0 Å². The first-order valence-corrected chi connectivity index (χ1v) is 5.81. The van der Waals surface area contributed by atoms with E-state index in [9.17, 15) is 13.6 Å². The summed E-state index contributed by atoms with van der Waals surface area (Å²) in [6.07, 6.45) is 1.16. The van der Waals surface area contributed by atoms with Crippen LogP contribution in [0.15, 0.2) is 47.4 Å². The first-order chi connectivity index (χ1) is 8.61. The highest BCUT2D eigenvalue weighted by molar-refractivity contribution is 6.17. The summed E-state index contributed by atoms with van der Waals surface area (Å²) in [5.41, 5.74) is 1.56. The molecular formula is C13H10ClF2NO. The summed E-state index contributed by atoms with van der Waals surface area (Å²) < 4.78 is 25.6. The second-order valence-electron chi connectivity index (χ2n) is 3.77. The third-order valence-corrected chi connectivity index (χ3v) is 2.90. The lowest BCUT2D eigenvalue weighted by Crippen LogP contribution is -2.18. The molecule has 2 rings (SSSR count). The maximum absolute atomic E-state index is 12.6. The Morgan fingerprint density at radius 1 is 1.06 bits per heavy atom. The minimum absolute atomic E-state index is 0.400. The van der Waals surface area contributed by atoms with Gasteiger partial charge < -0.3 is 0 Å². The van der Waals surface area contributed by atoms with E-state index in [4.69, 9.17) is 11.6 Å². The third-order valence-electron chi connectivity index (χ3n) is 2.59. The molecule has 5 heteroatoms. The van der Waals surface area contributed by atoms with Gasteiger partial charge in [0.15, 0.2) is 0 Å². The molecule has 0 aliphatic heterocycles. The van der Waals surface area contributed by atoms with Crippen LogP contribution in [0.1, 0.15) is 12.1 Å². The Kier molecular flexibility index (Phi) is 3.77. The molecule has 94 valence electrons. The summed E-state index contributed by atoms with van der Waals surface area (Å²) >= 11 is 5.67. The van der Waals surface area contributed by atoms with E-state index in [1.165, 1.54) is 6.07 Å². The first kappa shape index (κ1) is 12.8. The maximum atomic E-state index is 12.6. The molecule has 0 bridgehead atoms. The SMILES string of the molecule is O=c1ccc(-c2ccc(CCl)cc2)cn1C(F)F. The Bertz CT molecular complexity index is 593. The fourth-order valence-corrected chi connectivity index (χ4v) is 1.79. The van der Waals surface area contributed by atoms with Crippen LogP contribution >= 0.6 is 11.6 Å². The van der Waals surface area contributed by atoms with E-state index >= 15 is 0 Å². The zero-order valence-electron chi connectivity index (χ0n) is 9.32. The van der Waals surface area contributed by atoms with Crippen LogP contribution in [0, 0.1) is 0 Å². The van der Waals surface area contributed by atoms with Crippen molar-refractivity contribution < 1.29 is 8.78 Å². The van der Waals surface area contributed by atoms with Crippen LogP contribution in [0.4, 0.5) is 8.78 Å². The molecule has 2 nitrogen and oxygen atoms in total. The number of hydrogen-bond donors (Lipinski definition) is 0. The summed E-state index contributed by atoms with van der Waals surface area (Å²) in [4.78, 5) is 11.2. The number of nitrogens with zero attached hydrogens (tertiary/aromatic N) is 1. The lowest BCUT2D eigenvalue weighted by molar-refractivity contribution is 0.0665. The second-order valence-corrected chi connectivity index (χ2v) is 4.04. The van der Waals surface area contributed by atoms with Crippen LogP contribution in [-0.4, -0.2) is 4.57 Å². The van der Waals surface area contributed by atoms with E-state index in [-0.39, 0.29) is 0 Å². The molecule has 0 atom stereocenters. The number of rotatable bonds is 3. The highest BCUT2D eigenvalue weighted by Crippen LogP contribution is 2.20. The summed E-state index contributed by atoms with van der Waals surface area (Å²) in [7, 11) is 0. The molecule has 0 aliphatic rings. The lowest BCUT2D eigenvalue weighted by atomic mass is 10.1. The van der Waals surface area contributed by atoms with Gasteiger partial charge in [-0.05, 0) is 22.8 Å². The summed E-state index contributed by atoms with van der Waals surface area (Å²) in [5.74, 6) is 0.400. The van der Waals surface area contributed by atoms with Gasteiger partial charge in [0.05, 0.1) is 0 Å². The van der Waals surface area contributed by atoms with Crippen LogP contribution < -0.4 is 5.56 Å². The van der Waals surface area contributed by atoms with Crippen LogP contribution in [0.3, 0.4) is 0 Å². The van der Waals surface area contributed by atoms with E-state index in [0.29, 0.717) is 16.0 Å². The summed E-state index contributed by atoms with van der Waals surface area (Å²) in [6.45, 7) is -2.83. The Balaban J connectivity index is 2.44. The van der Waals surface area contributed by atoms with Gasteiger partial charge in [-0.25, -0.2) is 0 Å². The van der Waals surface area contributed by atoms with Crippen molar-refractivity contribution >= 4 is 11.6 Å². The molecule has 0 spiro atoms. The van der Waals surface area contributed by atoms with Gasteiger partial charge in [0.25, 0.3) is 5.56 Å². The number of pyridine rings is 1. The summed E-state index contributed by atoms with van der Waals surface area (Å²) in [5, 5.41) is 0. The molecule has 0 saturated heterocycles. The van der Waals surface area contributed by atoms with Crippen molar-refractivity contribution in [1.82, 2.24) is 4.57 Å². The molecule has 0 fully saturated rings.